The van der Waals surface area contributed by atoms with Crippen molar-refractivity contribution in [2.24, 2.45) is 7.05 Å². The van der Waals surface area contributed by atoms with Crippen molar-refractivity contribution >= 4 is 34.4 Å². The molecule has 12 nitrogen and oxygen atoms in total. The van der Waals surface area contributed by atoms with E-state index in [1.807, 2.05) is 47.0 Å². The number of benzene rings is 1. The molecule has 1 aliphatic heterocycles. The lowest BCUT2D eigenvalue weighted by Crippen LogP contribution is -2.36. The summed E-state index contributed by atoms with van der Waals surface area (Å²) in [5.41, 5.74) is 3.30. The van der Waals surface area contributed by atoms with E-state index < -0.39 is 0 Å². The van der Waals surface area contributed by atoms with Crippen molar-refractivity contribution in [3.05, 3.63) is 83.7 Å². The molecule has 0 N–H and O–H groups in total. The van der Waals surface area contributed by atoms with Gasteiger partial charge in [0.2, 0.25) is 0 Å². The van der Waals surface area contributed by atoms with Gasteiger partial charge in [-0.25, -0.2) is 4.98 Å². The quantitative estimate of drug-likeness (QED) is 0.277. The zero-order valence-corrected chi connectivity index (χ0v) is 26.6. The van der Waals surface area contributed by atoms with E-state index in [9.17, 15) is 9.59 Å². The molecular formula is C33H35ClN8O4. The second-order valence-corrected chi connectivity index (χ2v) is 11.5. The van der Waals surface area contributed by atoms with Gasteiger partial charge in [-0.1, -0.05) is 11.6 Å². The van der Waals surface area contributed by atoms with Crippen molar-refractivity contribution < 1.29 is 19.1 Å². The summed E-state index contributed by atoms with van der Waals surface area (Å²) in [6, 6.07) is 9.17. The van der Waals surface area contributed by atoms with E-state index in [0.29, 0.717) is 86.2 Å². The number of nitrogens with zero attached hydrogens (tertiary/aromatic N) is 8. The molecular weight excluding hydrogens is 608 g/mol. The smallest absolute Gasteiger partial charge is 0.255 e. The maximum Gasteiger partial charge on any atom is 0.255 e. The van der Waals surface area contributed by atoms with E-state index in [2.05, 4.69) is 20.1 Å². The fraction of sp³-hybridized carbons (Fsp3) is 0.333. The molecule has 0 spiro atoms. The van der Waals surface area contributed by atoms with Crippen LogP contribution in [0.15, 0.2) is 67.5 Å². The van der Waals surface area contributed by atoms with Gasteiger partial charge in [-0.2, -0.15) is 5.10 Å². The third kappa shape index (κ3) is 6.81. The van der Waals surface area contributed by atoms with Crippen molar-refractivity contribution in [3.63, 3.8) is 0 Å². The number of methoxy groups -OCH3 is 1. The van der Waals surface area contributed by atoms with Gasteiger partial charge in [-0.05, 0) is 49.6 Å². The summed E-state index contributed by atoms with van der Waals surface area (Å²) in [6.45, 7) is 2.82. The number of carbonyl (C=O) groups excluding carboxylic acids is 2. The number of imidazole rings is 1. The highest BCUT2D eigenvalue weighted by Crippen LogP contribution is 2.32. The summed E-state index contributed by atoms with van der Waals surface area (Å²) in [4.78, 5) is 44.3. The van der Waals surface area contributed by atoms with Gasteiger partial charge in [-0.15, -0.1) is 0 Å². The van der Waals surface area contributed by atoms with Crippen LogP contribution in [0, 0.1) is 0 Å². The Labute approximate surface area is 271 Å². The second kappa shape index (κ2) is 14.0. The Morgan fingerprint density at radius 1 is 0.870 bits per heavy atom. The van der Waals surface area contributed by atoms with Crippen LogP contribution < -0.4 is 9.47 Å². The topological polar surface area (TPSA) is 121 Å². The van der Waals surface area contributed by atoms with Gasteiger partial charge in [0.15, 0.2) is 11.5 Å². The summed E-state index contributed by atoms with van der Waals surface area (Å²) in [6.07, 6.45) is 12.0. The molecule has 0 unspecified atom stereocenters. The number of amides is 2. The lowest BCUT2D eigenvalue weighted by Gasteiger charge is -2.25. The van der Waals surface area contributed by atoms with E-state index in [0.717, 1.165) is 22.4 Å². The lowest BCUT2D eigenvalue weighted by atomic mass is 10.2. The molecule has 0 saturated carbocycles. The third-order valence-electron chi connectivity index (χ3n) is 8.06. The molecule has 4 aromatic heterocycles. The van der Waals surface area contributed by atoms with Crippen LogP contribution in [-0.2, 0) is 13.6 Å². The molecule has 5 heterocycles. The highest BCUT2D eigenvalue weighted by Gasteiger charge is 2.21. The predicted molar refractivity (Wildman–Crippen MR) is 173 cm³/mol. The van der Waals surface area contributed by atoms with Crippen LogP contribution in [-0.4, -0.2) is 90.8 Å². The average Bonchev–Trinajstić information content (AvgIpc) is 3.70. The van der Waals surface area contributed by atoms with Crippen LogP contribution >= 0.6 is 11.6 Å². The van der Waals surface area contributed by atoms with Gasteiger partial charge >= 0.3 is 0 Å². The van der Waals surface area contributed by atoms with Crippen molar-refractivity contribution in [3.8, 4) is 22.9 Å². The maximum absolute atomic E-state index is 13.9. The van der Waals surface area contributed by atoms with Gasteiger partial charge in [0.1, 0.15) is 11.3 Å². The van der Waals surface area contributed by atoms with Crippen LogP contribution in [0.25, 0.3) is 22.4 Å². The largest absolute Gasteiger partial charge is 0.493 e. The minimum absolute atomic E-state index is 0.117. The van der Waals surface area contributed by atoms with Gasteiger partial charge in [-0.3, -0.25) is 24.2 Å². The minimum Gasteiger partial charge on any atom is -0.493 e. The molecule has 0 saturated heterocycles. The molecule has 1 aromatic carbocycles. The van der Waals surface area contributed by atoms with Gasteiger partial charge in [0.05, 0.1) is 41.6 Å². The summed E-state index contributed by atoms with van der Waals surface area (Å²) in [5, 5.41) is 4.67. The first-order valence-electron chi connectivity index (χ1n) is 15.2. The fourth-order valence-electron chi connectivity index (χ4n) is 5.62. The molecule has 2 amide bonds. The number of pyridine rings is 2. The van der Waals surface area contributed by atoms with Crippen LogP contribution in [0.1, 0.15) is 40.0 Å². The Bertz CT molecular complexity index is 1850. The molecule has 0 fully saturated rings. The number of hydrogen-bond donors (Lipinski definition) is 0. The van der Waals surface area contributed by atoms with E-state index >= 15 is 0 Å². The van der Waals surface area contributed by atoms with Gasteiger partial charge in [0.25, 0.3) is 11.8 Å². The monoisotopic (exact) mass is 642 g/mol. The Morgan fingerprint density at radius 3 is 2.41 bits per heavy atom. The van der Waals surface area contributed by atoms with Crippen LogP contribution in [0.3, 0.4) is 0 Å². The molecule has 13 heteroatoms. The highest BCUT2D eigenvalue weighted by atomic mass is 35.5. The molecule has 1 aliphatic rings. The number of carbonyl (C=O) groups is 2. The number of rotatable bonds is 3. The fourth-order valence-corrected chi connectivity index (χ4v) is 5.79. The van der Waals surface area contributed by atoms with Crippen molar-refractivity contribution in [2.45, 2.75) is 25.8 Å². The molecule has 46 heavy (non-hydrogen) atoms. The first-order valence-corrected chi connectivity index (χ1v) is 15.6. The number of ether oxygens (including phenoxy) is 2. The Hall–Kier alpha value is -4.97. The normalized spacial score (nSPS) is 14.8. The molecule has 2 bridgehead atoms. The third-order valence-corrected chi connectivity index (χ3v) is 8.26. The summed E-state index contributed by atoms with van der Waals surface area (Å²) < 4.78 is 15.5. The highest BCUT2D eigenvalue weighted by molar-refractivity contribution is 6.30. The zero-order chi connectivity index (χ0) is 32.0. The first-order chi connectivity index (χ1) is 22.4. The number of halogens is 1. The Kier molecular flexibility index (Phi) is 9.43. The summed E-state index contributed by atoms with van der Waals surface area (Å²) in [5.74, 6) is 1.68. The maximum atomic E-state index is 13.9. The second-order valence-electron chi connectivity index (χ2n) is 11.1. The van der Waals surface area contributed by atoms with E-state index in [1.165, 1.54) is 12.4 Å². The van der Waals surface area contributed by atoms with E-state index in [4.69, 9.17) is 21.1 Å². The van der Waals surface area contributed by atoms with Crippen LogP contribution in [0.2, 0.25) is 5.02 Å². The van der Waals surface area contributed by atoms with Crippen LogP contribution in [0.5, 0.6) is 11.5 Å². The molecule has 0 radical (unpaired) electrons. The average molecular weight is 643 g/mol. The molecule has 238 valence electrons. The van der Waals surface area contributed by atoms with E-state index in [-0.39, 0.29) is 11.8 Å². The number of aromatic nitrogens is 6. The summed E-state index contributed by atoms with van der Waals surface area (Å²) in [7, 11) is 3.43. The first kappa shape index (κ1) is 31.0. The summed E-state index contributed by atoms with van der Waals surface area (Å²) >= 11 is 6.15. The molecule has 0 aliphatic carbocycles. The lowest BCUT2D eigenvalue weighted by molar-refractivity contribution is 0.0713. The van der Waals surface area contributed by atoms with Crippen molar-refractivity contribution in [1.82, 2.24) is 39.1 Å². The number of hydrogen-bond acceptors (Lipinski definition) is 8. The van der Waals surface area contributed by atoms with Crippen molar-refractivity contribution in [2.75, 3.05) is 39.9 Å². The van der Waals surface area contributed by atoms with Crippen molar-refractivity contribution in [1.29, 1.82) is 0 Å². The predicted octanol–water partition coefficient (Wildman–Crippen LogP) is 4.74. The van der Waals surface area contributed by atoms with Crippen LogP contribution in [0.4, 0.5) is 0 Å². The Balaban J connectivity index is 1.29. The van der Waals surface area contributed by atoms with E-state index in [1.54, 1.807) is 41.3 Å². The molecule has 0 atom stereocenters. The minimum atomic E-state index is -0.151. The molecule has 5 aromatic rings. The van der Waals surface area contributed by atoms with Gasteiger partial charge in [0, 0.05) is 76.3 Å². The SMILES string of the molecule is COc1ccc2cc1OCCCN(C(=O)c1cncc(Cl)c1)CCCCN(C(=O)c1cnc3cnn(C)c3c1)CCn1ccnc1-2. The number of fused-ring (bicyclic) bond motifs is 5. The standard InChI is InChI=1S/C33H35ClN8O4/c1-39-28-17-25(20-37-27(28)22-38-39)33(44)42-10-4-3-9-41(32(43)24-16-26(34)21-35-19-24)11-5-15-46-30-18-23(6-7-29(30)45-2)31-36-8-12-40(31)13-14-42/h6-8,12,16-22H,3-5,9-11,13-15H2,1-2H3. The van der Waals surface area contributed by atoms with Gasteiger partial charge < -0.3 is 23.8 Å². The zero-order valence-electron chi connectivity index (χ0n) is 25.8. The molecule has 6 rings (SSSR count). The Morgan fingerprint density at radius 2 is 1.63 bits per heavy atom. The number of aryl methyl sites for hydroxylation is 1.